The molecule has 0 radical (unpaired) electrons. The van der Waals surface area contributed by atoms with E-state index in [1.54, 1.807) is 18.2 Å². The molecule has 0 heterocycles. The number of carbonyl (C=O) groups is 1. The van der Waals surface area contributed by atoms with Crippen LogP contribution in [0.3, 0.4) is 0 Å². The summed E-state index contributed by atoms with van der Waals surface area (Å²) in [6.45, 7) is -0.546. The third-order valence-electron chi connectivity index (χ3n) is 2.06. The molecule has 1 rings (SSSR count). The first kappa shape index (κ1) is 13.8. The number of ether oxygens (including phenoxy) is 2. The first-order valence-corrected chi connectivity index (χ1v) is 5.23. The van der Waals surface area contributed by atoms with Crippen molar-refractivity contribution in [3.8, 4) is 5.75 Å². The molecular weight excluding hydrogens is 248 g/mol. The maximum absolute atomic E-state index is 10.2. The summed E-state index contributed by atoms with van der Waals surface area (Å²) in [5, 5.41) is 18.4. The highest BCUT2D eigenvalue weighted by Gasteiger charge is 2.11. The van der Waals surface area contributed by atoms with Gasteiger partial charge in [-0.15, -0.1) is 0 Å². The predicted molar refractivity (Wildman–Crippen MR) is 61.4 cm³/mol. The number of benzene rings is 1. The Morgan fingerprint density at radius 1 is 1.53 bits per heavy atom. The van der Waals surface area contributed by atoms with Crippen molar-refractivity contribution in [2.75, 3.05) is 20.3 Å². The summed E-state index contributed by atoms with van der Waals surface area (Å²) in [7, 11) is 1.49. The van der Waals surface area contributed by atoms with E-state index in [0.29, 0.717) is 16.3 Å². The molecule has 1 atom stereocenters. The largest absolute Gasteiger partial charge is 0.495 e. The van der Waals surface area contributed by atoms with Crippen LogP contribution < -0.4 is 4.74 Å². The quantitative estimate of drug-likeness (QED) is 0.810. The van der Waals surface area contributed by atoms with Crippen LogP contribution in [0.5, 0.6) is 5.75 Å². The standard InChI is InChI=1S/C11H13ClO5/c1-16-10-3-2-7(4-8(10)12)9(13)5-17-6-11(14)15/h2-4,9,13H,5-6H2,1H3,(H,14,15). The summed E-state index contributed by atoms with van der Waals surface area (Å²) in [6.07, 6.45) is -0.919. The number of halogens is 1. The molecule has 0 aromatic heterocycles. The van der Waals surface area contributed by atoms with Crippen molar-refractivity contribution in [1.82, 2.24) is 0 Å². The molecule has 6 heteroatoms. The van der Waals surface area contributed by atoms with Gasteiger partial charge in [0.15, 0.2) is 0 Å². The molecule has 0 saturated heterocycles. The van der Waals surface area contributed by atoms with Crippen LogP contribution in [-0.2, 0) is 9.53 Å². The molecule has 5 nitrogen and oxygen atoms in total. The molecule has 94 valence electrons. The van der Waals surface area contributed by atoms with Crippen molar-refractivity contribution < 1.29 is 24.5 Å². The smallest absolute Gasteiger partial charge is 0.329 e. The van der Waals surface area contributed by atoms with Crippen LogP contribution in [0.2, 0.25) is 5.02 Å². The summed E-state index contributed by atoms with van der Waals surface area (Å²) in [6, 6.07) is 4.81. The summed E-state index contributed by atoms with van der Waals surface area (Å²) >= 11 is 5.89. The van der Waals surface area contributed by atoms with Crippen molar-refractivity contribution in [2.24, 2.45) is 0 Å². The summed E-state index contributed by atoms with van der Waals surface area (Å²) < 4.78 is 9.75. The average Bonchev–Trinajstić information content (AvgIpc) is 2.28. The zero-order valence-corrected chi connectivity index (χ0v) is 9.98. The summed E-state index contributed by atoms with van der Waals surface area (Å²) in [5.74, 6) is -0.570. The third kappa shape index (κ3) is 4.22. The molecule has 0 saturated carbocycles. The summed E-state index contributed by atoms with van der Waals surface area (Å²) in [5.41, 5.74) is 0.543. The second-order valence-electron chi connectivity index (χ2n) is 3.32. The minimum atomic E-state index is -1.08. The Morgan fingerprint density at radius 3 is 2.76 bits per heavy atom. The average molecular weight is 261 g/mol. The van der Waals surface area contributed by atoms with Gasteiger partial charge in [0, 0.05) is 0 Å². The maximum atomic E-state index is 10.2. The second kappa shape index (κ2) is 6.44. The Kier molecular flexibility index (Phi) is 5.21. The Bertz CT molecular complexity index is 393. The lowest BCUT2D eigenvalue weighted by Gasteiger charge is -2.12. The van der Waals surface area contributed by atoms with Crippen LogP contribution in [0.1, 0.15) is 11.7 Å². The highest BCUT2D eigenvalue weighted by molar-refractivity contribution is 6.32. The number of aliphatic hydroxyl groups is 1. The van der Waals surface area contributed by atoms with Crippen LogP contribution in [-0.4, -0.2) is 36.5 Å². The minimum absolute atomic E-state index is 0.102. The molecule has 17 heavy (non-hydrogen) atoms. The number of hydrogen-bond donors (Lipinski definition) is 2. The molecule has 2 N–H and O–H groups in total. The molecule has 0 fully saturated rings. The lowest BCUT2D eigenvalue weighted by atomic mass is 10.1. The number of aliphatic carboxylic acids is 1. The third-order valence-corrected chi connectivity index (χ3v) is 2.36. The molecule has 0 amide bonds. The van der Waals surface area contributed by atoms with E-state index in [9.17, 15) is 9.90 Å². The number of methoxy groups -OCH3 is 1. The molecule has 0 aliphatic heterocycles. The predicted octanol–water partition coefficient (Wildman–Crippen LogP) is 1.48. The number of aliphatic hydroxyl groups excluding tert-OH is 1. The number of carboxylic acids is 1. The van der Waals surface area contributed by atoms with Gasteiger partial charge in [0.25, 0.3) is 0 Å². The van der Waals surface area contributed by atoms with E-state index in [2.05, 4.69) is 0 Å². The van der Waals surface area contributed by atoms with Gasteiger partial charge in [-0.25, -0.2) is 4.79 Å². The summed E-state index contributed by atoms with van der Waals surface area (Å²) in [4.78, 5) is 10.2. The molecule has 0 spiro atoms. The molecule has 0 aliphatic carbocycles. The second-order valence-corrected chi connectivity index (χ2v) is 3.73. The maximum Gasteiger partial charge on any atom is 0.329 e. The molecular formula is C11H13ClO5. The Balaban J connectivity index is 2.59. The van der Waals surface area contributed by atoms with Gasteiger partial charge in [-0.2, -0.15) is 0 Å². The van der Waals surface area contributed by atoms with Gasteiger partial charge < -0.3 is 19.7 Å². The van der Waals surface area contributed by atoms with Crippen LogP contribution in [0.15, 0.2) is 18.2 Å². The molecule has 0 bridgehead atoms. The fourth-order valence-corrected chi connectivity index (χ4v) is 1.51. The lowest BCUT2D eigenvalue weighted by Crippen LogP contribution is -2.13. The van der Waals surface area contributed by atoms with Gasteiger partial charge >= 0.3 is 5.97 Å². The molecule has 1 unspecified atom stereocenters. The van der Waals surface area contributed by atoms with Crippen LogP contribution in [0.25, 0.3) is 0 Å². The number of carboxylic acid groups (broad SMARTS) is 1. The van der Waals surface area contributed by atoms with E-state index in [-0.39, 0.29) is 6.61 Å². The molecule has 1 aromatic carbocycles. The van der Waals surface area contributed by atoms with Gasteiger partial charge in [0.1, 0.15) is 18.5 Å². The zero-order valence-electron chi connectivity index (χ0n) is 9.22. The molecule has 0 aliphatic rings. The fourth-order valence-electron chi connectivity index (χ4n) is 1.24. The highest BCUT2D eigenvalue weighted by Crippen LogP contribution is 2.27. The van der Waals surface area contributed by atoms with Crippen LogP contribution >= 0.6 is 11.6 Å². The lowest BCUT2D eigenvalue weighted by molar-refractivity contribution is -0.143. The van der Waals surface area contributed by atoms with E-state index in [1.807, 2.05) is 0 Å². The van der Waals surface area contributed by atoms with Crippen LogP contribution in [0.4, 0.5) is 0 Å². The first-order chi connectivity index (χ1) is 8.04. The Labute approximate surface area is 104 Å². The number of hydrogen-bond acceptors (Lipinski definition) is 4. The Hall–Kier alpha value is -1.30. The Morgan fingerprint density at radius 2 is 2.24 bits per heavy atom. The topological polar surface area (TPSA) is 76.0 Å². The van der Waals surface area contributed by atoms with E-state index in [1.165, 1.54) is 7.11 Å². The first-order valence-electron chi connectivity index (χ1n) is 4.85. The van der Waals surface area contributed by atoms with Gasteiger partial charge in [0.2, 0.25) is 0 Å². The van der Waals surface area contributed by atoms with E-state index >= 15 is 0 Å². The number of rotatable bonds is 6. The highest BCUT2D eigenvalue weighted by atomic mass is 35.5. The zero-order chi connectivity index (χ0) is 12.8. The monoisotopic (exact) mass is 260 g/mol. The van der Waals surface area contributed by atoms with Gasteiger partial charge in [-0.05, 0) is 17.7 Å². The fraction of sp³-hybridized carbons (Fsp3) is 0.364. The SMILES string of the molecule is COc1ccc(C(O)COCC(=O)O)cc1Cl. The van der Waals surface area contributed by atoms with E-state index < -0.39 is 18.7 Å². The van der Waals surface area contributed by atoms with Gasteiger partial charge in [-0.1, -0.05) is 17.7 Å². The van der Waals surface area contributed by atoms with Gasteiger partial charge in [0.05, 0.1) is 18.7 Å². The van der Waals surface area contributed by atoms with E-state index in [4.69, 9.17) is 26.2 Å². The van der Waals surface area contributed by atoms with Crippen LogP contribution in [0, 0.1) is 0 Å². The van der Waals surface area contributed by atoms with Crippen molar-refractivity contribution in [2.45, 2.75) is 6.10 Å². The minimum Gasteiger partial charge on any atom is -0.495 e. The molecule has 1 aromatic rings. The normalized spacial score (nSPS) is 12.2. The van der Waals surface area contributed by atoms with Crippen molar-refractivity contribution >= 4 is 17.6 Å². The van der Waals surface area contributed by atoms with Crippen molar-refractivity contribution in [3.05, 3.63) is 28.8 Å². The van der Waals surface area contributed by atoms with Crippen molar-refractivity contribution in [1.29, 1.82) is 0 Å². The van der Waals surface area contributed by atoms with E-state index in [0.717, 1.165) is 0 Å². The van der Waals surface area contributed by atoms with Gasteiger partial charge in [-0.3, -0.25) is 0 Å². The van der Waals surface area contributed by atoms with Crippen molar-refractivity contribution in [3.63, 3.8) is 0 Å².